The number of halogens is 1. The summed E-state index contributed by atoms with van der Waals surface area (Å²) >= 11 is 0. The molecule has 1 heterocycles. The van der Waals surface area contributed by atoms with Crippen LogP contribution in [0.2, 0.25) is 0 Å². The summed E-state index contributed by atoms with van der Waals surface area (Å²) in [5.74, 6) is -1.93. The first-order valence-corrected chi connectivity index (χ1v) is 7.25. The smallest absolute Gasteiger partial charge is 0.324 e. The number of carbonyl (C=O) groups is 4. The zero-order valence-electron chi connectivity index (χ0n) is 12.7. The van der Waals surface area contributed by atoms with E-state index in [2.05, 4.69) is 10.6 Å². The van der Waals surface area contributed by atoms with E-state index in [1.54, 1.807) is 0 Å². The van der Waals surface area contributed by atoms with Crippen molar-refractivity contribution in [2.45, 2.75) is 12.8 Å². The number of rotatable bonds is 7. The number of hydrogen-bond donors (Lipinski definition) is 2. The first kappa shape index (κ1) is 17.4. The molecular weight excluding hydrogens is 321 g/mol. The number of anilines is 1. The Morgan fingerprint density at radius 1 is 1.25 bits per heavy atom. The SMILES string of the molecule is O=C(COC(=O)CCCN1C(=O)CNC1=O)Nc1ccc(F)cc1. The van der Waals surface area contributed by atoms with E-state index in [0.717, 1.165) is 4.90 Å². The molecule has 24 heavy (non-hydrogen) atoms. The van der Waals surface area contributed by atoms with Crippen LogP contribution in [0.1, 0.15) is 12.8 Å². The summed E-state index contributed by atoms with van der Waals surface area (Å²) in [5, 5.41) is 4.82. The van der Waals surface area contributed by atoms with Crippen LogP contribution in [0.3, 0.4) is 0 Å². The monoisotopic (exact) mass is 337 g/mol. The Morgan fingerprint density at radius 3 is 2.58 bits per heavy atom. The Bertz CT molecular complexity index is 631. The van der Waals surface area contributed by atoms with Gasteiger partial charge in [0.15, 0.2) is 6.61 Å². The van der Waals surface area contributed by atoms with Crippen LogP contribution < -0.4 is 10.6 Å². The largest absolute Gasteiger partial charge is 0.456 e. The van der Waals surface area contributed by atoms with Crippen molar-refractivity contribution in [2.24, 2.45) is 0 Å². The molecule has 9 heteroatoms. The van der Waals surface area contributed by atoms with E-state index in [0.29, 0.717) is 5.69 Å². The predicted octanol–water partition coefficient (Wildman–Crippen LogP) is 0.639. The third kappa shape index (κ3) is 5.04. The molecule has 0 saturated carbocycles. The second-order valence-corrected chi connectivity index (χ2v) is 5.02. The van der Waals surface area contributed by atoms with Crippen molar-refractivity contribution >= 4 is 29.5 Å². The summed E-state index contributed by atoms with van der Waals surface area (Å²) < 4.78 is 17.5. The quantitative estimate of drug-likeness (QED) is 0.561. The number of nitrogens with one attached hydrogen (secondary N) is 2. The fourth-order valence-corrected chi connectivity index (χ4v) is 2.01. The average Bonchev–Trinajstić information content (AvgIpc) is 2.87. The maximum absolute atomic E-state index is 12.7. The molecule has 1 fully saturated rings. The van der Waals surface area contributed by atoms with E-state index in [9.17, 15) is 23.6 Å². The number of nitrogens with zero attached hydrogens (tertiary/aromatic N) is 1. The predicted molar refractivity (Wildman–Crippen MR) is 80.3 cm³/mol. The summed E-state index contributed by atoms with van der Waals surface area (Å²) in [4.78, 5) is 46.7. The van der Waals surface area contributed by atoms with Gasteiger partial charge in [0.25, 0.3) is 5.91 Å². The van der Waals surface area contributed by atoms with Crippen LogP contribution in [-0.2, 0) is 19.1 Å². The summed E-state index contributed by atoms with van der Waals surface area (Å²) in [5.41, 5.74) is 0.385. The third-order valence-electron chi connectivity index (χ3n) is 3.19. The van der Waals surface area contributed by atoms with Crippen molar-refractivity contribution in [3.8, 4) is 0 Å². The molecule has 1 aromatic rings. The molecule has 2 N–H and O–H groups in total. The van der Waals surface area contributed by atoms with Crippen molar-refractivity contribution < 1.29 is 28.3 Å². The molecule has 1 aromatic carbocycles. The Kier molecular flexibility index (Phi) is 5.83. The standard InChI is InChI=1S/C15H16FN3O5/c16-10-3-5-11(6-4-10)18-12(20)9-24-14(22)2-1-7-19-13(21)8-17-15(19)23/h3-6H,1-2,7-9H2,(H,17,23)(H,18,20). The first-order chi connectivity index (χ1) is 11.5. The Hall–Kier alpha value is -2.97. The van der Waals surface area contributed by atoms with Crippen molar-refractivity contribution in [1.82, 2.24) is 10.2 Å². The van der Waals surface area contributed by atoms with Gasteiger partial charge in [-0.05, 0) is 30.7 Å². The number of ether oxygens (including phenoxy) is 1. The lowest BCUT2D eigenvalue weighted by atomic mass is 10.3. The number of esters is 1. The molecule has 0 bridgehead atoms. The van der Waals surface area contributed by atoms with Crippen molar-refractivity contribution in [1.29, 1.82) is 0 Å². The molecule has 128 valence electrons. The molecule has 1 aliphatic heterocycles. The summed E-state index contributed by atoms with van der Waals surface area (Å²) in [6, 6.07) is 4.67. The number of benzene rings is 1. The third-order valence-corrected chi connectivity index (χ3v) is 3.19. The van der Waals surface area contributed by atoms with Gasteiger partial charge in [-0.3, -0.25) is 19.3 Å². The molecule has 2 rings (SSSR count). The number of hydrogen-bond acceptors (Lipinski definition) is 5. The van der Waals surface area contributed by atoms with Crippen molar-refractivity contribution in [3.63, 3.8) is 0 Å². The van der Waals surface area contributed by atoms with Crippen LogP contribution in [0.25, 0.3) is 0 Å². The van der Waals surface area contributed by atoms with E-state index in [-0.39, 0.29) is 31.8 Å². The molecule has 4 amide bonds. The molecule has 0 spiro atoms. The minimum atomic E-state index is -0.615. The lowest BCUT2D eigenvalue weighted by Gasteiger charge is -2.11. The molecule has 0 aliphatic carbocycles. The Labute approximate surface area is 136 Å². The zero-order chi connectivity index (χ0) is 17.5. The normalized spacial score (nSPS) is 13.6. The topological polar surface area (TPSA) is 105 Å². The van der Waals surface area contributed by atoms with Crippen LogP contribution in [-0.4, -0.2) is 48.4 Å². The zero-order valence-corrected chi connectivity index (χ0v) is 12.7. The van der Waals surface area contributed by atoms with Crippen molar-refractivity contribution in [3.05, 3.63) is 30.1 Å². The van der Waals surface area contributed by atoms with Crippen LogP contribution >= 0.6 is 0 Å². The minimum absolute atomic E-state index is 0.0269. The van der Waals surface area contributed by atoms with Crippen LogP contribution in [0.5, 0.6) is 0 Å². The minimum Gasteiger partial charge on any atom is -0.456 e. The van der Waals surface area contributed by atoms with Crippen LogP contribution in [0, 0.1) is 5.82 Å². The summed E-state index contributed by atoms with van der Waals surface area (Å²) in [6.45, 7) is -0.395. The van der Waals surface area contributed by atoms with Gasteiger partial charge in [-0.2, -0.15) is 0 Å². The number of urea groups is 1. The lowest BCUT2D eigenvalue weighted by Crippen LogP contribution is -2.32. The van der Waals surface area contributed by atoms with Crippen molar-refractivity contribution in [2.75, 3.05) is 25.0 Å². The van der Waals surface area contributed by atoms with Gasteiger partial charge in [0.2, 0.25) is 5.91 Å². The molecule has 8 nitrogen and oxygen atoms in total. The lowest BCUT2D eigenvalue weighted by molar-refractivity contribution is -0.147. The van der Waals surface area contributed by atoms with Crippen LogP contribution in [0.4, 0.5) is 14.9 Å². The number of carbonyl (C=O) groups excluding carboxylic acids is 4. The maximum atomic E-state index is 12.7. The highest BCUT2D eigenvalue weighted by atomic mass is 19.1. The van der Waals surface area contributed by atoms with Gasteiger partial charge in [-0.1, -0.05) is 0 Å². The van der Waals surface area contributed by atoms with Gasteiger partial charge in [0.05, 0.1) is 6.54 Å². The maximum Gasteiger partial charge on any atom is 0.324 e. The fourth-order valence-electron chi connectivity index (χ4n) is 2.01. The molecule has 1 aliphatic rings. The fraction of sp³-hybridized carbons (Fsp3) is 0.333. The van der Waals surface area contributed by atoms with Gasteiger partial charge in [-0.25, -0.2) is 9.18 Å². The second kappa shape index (κ2) is 8.04. The average molecular weight is 337 g/mol. The molecule has 0 unspecified atom stereocenters. The van der Waals surface area contributed by atoms with E-state index < -0.39 is 30.3 Å². The van der Waals surface area contributed by atoms with E-state index >= 15 is 0 Å². The van der Waals surface area contributed by atoms with Gasteiger partial charge < -0.3 is 15.4 Å². The summed E-state index contributed by atoms with van der Waals surface area (Å²) in [6.07, 6.45) is 0.221. The molecular formula is C15H16FN3O5. The number of amides is 4. The van der Waals surface area contributed by atoms with Gasteiger partial charge in [0.1, 0.15) is 5.82 Å². The van der Waals surface area contributed by atoms with E-state index in [1.807, 2.05) is 0 Å². The molecule has 0 radical (unpaired) electrons. The van der Waals surface area contributed by atoms with Gasteiger partial charge in [-0.15, -0.1) is 0 Å². The van der Waals surface area contributed by atoms with Gasteiger partial charge in [0, 0.05) is 18.7 Å². The Morgan fingerprint density at radius 2 is 1.96 bits per heavy atom. The molecule has 0 aromatic heterocycles. The van der Waals surface area contributed by atoms with E-state index in [4.69, 9.17) is 4.74 Å². The Balaban J connectivity index is 1.63. The highest BCUT2D eigenvalue weighted by molar-refractivity contribution is 6.01. The summed E-state index contributed by atoms with van der Waals surface area (Å²) in [7, 11) is 0. The highest BCUT2D eigenvalue weighted by Gasteiger charge is 2.27. The molecule has 0 atom stereocenters. The highest BCUT2D eigenvalue weighted by Crippen LogP contribution is 2.08. The van der Waals surface area contributed by atoms with Crippen LogP contribution in [0.15, 0.2) is 24.3 Å². The number of imide groups is 1. The first-order valence-electron chi connectivity index (χ1n) is 7.25. The van der Waals surface area contributed by atoms with E-state index in [1.165, 1.54) is 24.3 Å². The van der Waals surface area contributed by atoms with Gasteiger partial charge >= 0.3 is 12.0 Å². The molecule has 1 saturated heterocycles. The second-order valence-electron chi connectivity index (χ2n) is 5.02.